The molecule has 0 spiro atoms. The van der Waals surface area contributed by atoms with Gasteiger partial charge >= 0.3 is 12.2 Å². The number of rotatable bonds is 22. The maximum atomic E-state index is 13.4. The topological polar surface area (TPSA) is 125 Å². The average Bonchev–Trinajstić information content (AvgIpc) is 2.67. The molecule has 10 nitrogen and oxygen atoms in total. The van der Waals surface area contributed by atoms with Crippen LogP contribution in [0.2, 0.25) is 0 Å². The van der Waals surface area contributed by atoms with Gasteiger partial charge < -0.3 is 43.7 Å². The van der Waals surface area contributed by atoms with Crippen molar-refractivity contribution in [2.24, 2.45) is 0 Å². The first-order valence-electron chi connectivity index (χ1n) is 9.51. The Morgan fingerprint density at radius 1 is 0.677 bits per heavy atom. The van der Waals surface area contributed by atoms with Crippen LogP contribution < -0.4 is 0 Å². The smallest absolute Gasteiger partial charge is 0.383 e. The van der Waals surface area contributed by atoms with E-state index in [2.05, 4.69) is 14.2 Å². The van der Waals surface area contributed by atoms with E-state index >= 15 is 0 Å². The fourth-order valence-electron chi connectivity index (χ4n) is 1.84. The Bertz CT molecular complexity index is 420. The second-order valence-electron chi connectivity index (χ2n) is 6.11. The molecule has 14 heteroatoms. The minimum Gasteiger partial charge on any atom is -0.394 e. The fourth-order valence-corrected chi connectivity index (χ4v) is 1.84. The van der Waals surface area contributed by atoms with Crippen LogP contribution in [0.4, 0.5) is 17.6 Å². The van der Waals surface area contributed by atoms with Gasteiger partial charge in [-0.15, -0.1) is 0 Å². The summed E-state index contributed by atoms with van der Waals surface area (Å²) in [5, 5.41) is 27.3. The van der Waals surface area contributed by atoms with E-state index in [9.17, 15) is 27.8 Å². The van der Waals surface area contributed by atoms with Crippen molar-refractivity contribution in [2.75, 3.05) is 79.5 Å². The molecule has 0 aliphatic heterocycles. The van der Waals surface area contributed by atoms with Crippen LogP contribution in [0, 0.1) is 0 Å². The SMILES string of the molecule is CCOCC(O)COCC(F)(F)OC(F)(F)COCOCCOCC(O)COCCO. The van der Waals surface area contributed by atoms with Crippen LogP contribution in [0.15, 0.2) is 0 Å². The third kappa shape index (κ3) is 19.7. The molecule has 0 saturated heterocycles. The Labute approximate surface area is 177 Å². The lowest BCUT2D eigenvalue weighted by Crippen LogP contribution is -2.40. The van der Waals surface area contributed by atoms with Crippen molar-refractivity contribution < 1.29 is 66.0 Å². The molecule has 0 aliphatic carbocycles. The van der Waals surface area contributed by atoms with Gasteiger partial charge in [0, 0.05) is 6.61 Å². The van der Waals surface area contributed by atoms with Crippen molar-refractivity contribution in [1.82, 2.24) is 0 Å². The van der Waals surface area contributed by atoms with Crippen molar-refractivity contribution in [3.8, 4) is 0 Å². The van der Waals surface area contributed by atoms with Crippen LogP contribution in [-0.4, -0.2) is 119 Å². The molecule has 188 valence electrons. The summed E-state index contributed by atoms with van der Waals surface area (Å²) in [6.45, 7) is -2.54. The summed E-state index contributed by atoms with van der Waals surface area (Å²) in [5.41, 5.74) is 0. The molecule has 0 aromatic rings. The van der Waals surface area contributed by atoms with Gasteiger partial charge in [-0.3, -0.25) is 4.74 Å². The summed E-state index contributed by atoms with van der Waals surface area (Å²) in [7, 11) is 0. The Morgan fingerprint density at radius 2 is 1.16 bits per heavy atom. The van der Waals surface area contributed by atoms with Crippen molar-refractivity contribution in [1.29, 1.82) is 0 Å². The maximum Gasteiger partial charge on any atom is 0.383 e. The average molecular weight is 472 g/mol. The maximum absolute atomic E-state index is 13.4. The molecular weight excluding hydrogens is 440 g/mol. The zero-order valence-electron chi connectivity index (χ0n) is 17.4. The highest BCUT2D eigenvalue weighted by atomic mass is 19.3. The summed E-state index contributed by atoms with van der Waals surface area (Å²) in [5.74, 6) is 0. The standard InChI is InChI=1S/C17H32F4O10/c1-2-25-7-14(23)10-29-11-16(18,19)31-17(20,21)12-30-13-28-6-5-27-9-15(24)8-26-4-3-22/h14-15,22-24H,2-13H2,1H3. The number of ether oxygens (including phenoxy) is 7. The van der Waals surface area contributed by atoms with Crippen LogP contribution in [0.1, 0.15) is 6.92 Å². The van der Waals surface area contributed by atoms with E-state index in [0.29, 0.717) is 6.61 Å². The van der Waals surface area contributed by atoms with Gasteiger partial charge in [-0.2, -0.15) is 17.6 Å². The molecule has 0 amide bonds. The molecule has 2 unspecified atom stereocenters. The van der Waals surface area contributed by atoms with Crippen molar-refractivity contribution in [3.05, 3.63) is 0 Å². The van der Waals surface area contributed by atoms with Crippen LogP contribution in [0.25, 0.3) is 0 Å². The summed E-state index contributed by atoms with van der Waals surface area (Å²) in [4.78, 5) is 0. The van der Waals surface area contributed by atoms with E-state index in [1.54, 1.807) is 6.92 Å². The van der Waals surface area contributed by atoms with Crippen LogP contribution >= 0.6 is 0 Å². The number of hydrogen-bond acceptors (Lipinski definition) is 10. The van der Waals surface area contributed by atoms with E-state index in [-0.39, 0.29) is 46.2 Å². The Balaban J connectivity index is 3.80. The predicted molar refractivity (Wildman–Crippen MR) is 95.8 cm³/mol. The lowest BCUT2D eigenvalue weighted by Gasteiger charge is -2.24. The first-order chi connectivity index (χ1) is 14.6. The molecule has 0 aromatic carbocycles. The predicted octanol–water partition coefficient (Wildman–Crippen LogP) is -0.0203. The van der Waals surface area contributed by atoms with E-state index in [4.69, 9.17) is 24.1 Å². The minimum atomic E-state index is -4.31. The lowest BCUT2D eigenvalue weighted by atomic mass is 10.4. The van der Waals surface area contributed by atoms with Gasteiger partial charge in [0.1, 0.15) is 32.2 Å². The van der Waals surface area contributed by atoms with Gasteiger partial charge in [-0.25, -0.2) is 0 Å². The summed E-state index contributed by atoms with van der Waals surface area (Å²) >= 11 is 0. The van der Waals surface area contributed by atoms with Gasteiger partial charge in [0.25, 0.3) is 0 Å². The first kappa shape index (κ1) is 30.3. The second kappa shape index (κ2) is 17.8. The van der Waals surface area contributed by atoms with Crippen molar-refractivity contribution in [2.45, 2.75) is 31.3 Å². The van der Waals surface area contributed by atoms with Gasteiger partial charge in [0.05, 0.1) is 52.9 Å². The Hall–Kier alpha value is -0.680. The highest BCUT2D eigenvalue weighted by molar-refractivity contribution is 4.60. The van der Waals surface area contributed by atoms with Crippen LogP contribution in [0.3, 0.4) is 0 Å². The molecule has 0 bridgehead atoms. The Kier molecular flexibility index (Phi) is 17.4. The highest BCUT2D eigenvalue weighted by Gasteiger charge is 2.44. The molecule has 0 saturated carbocycles. The van der Waals surface area contributed by atoms with Crippen LogP contribution in [-0.2, 0) is 33.2 Å². The number of aliphatic hydroxyl groups excluding tert-OH is 3. The quantitative estimate of drug-likeness (QED) is 0.112. The van der Waals surface area contributed by atoms with Gasteiger partial charge in [-0.05, 0) is 6.92 Å². The van der Waals surface area contributed by atoms with E-state index < -0.39 is 51.0 Å². The van der Waals surface area contributed by atoms with Gasteiger partial charge in [-0.1, -0.05) is 0 Å². The summed E-state index contributed by atoms with van der Waals surface area (Å²) < 4.78 is 85.6. The normalized spacial score (nSPS) is 14.7. The third-order valence-electron chi connectivity index (χ3n) is 3.06. The molecule has 2 atom stereocenters. The largest absolute Gasteiger partial charge is 0.394 e. The zero-order valence-corrected chi connectivity index (χ0v) is 17.4. The van der Waals surface area contributed by atoms with Gasteiger partial charge in [0.2, 0.25) is 0 Å². The number of aliphatic hydroxyl groups is 3. The fraction of sp³-hybridized carbons (Fsp3) is 1.00. The number of halogens is 4. The number of alkyl halides is 4. The van der Waals surface area contributed by atoms with Crippen molar-refractivity contribution >= 4 is 0 Å². The van der Waals surface area contributed by atoms with E-state index in [1.165, 1.54) is 0 Å². The molecule has 0 heterocycles. The molecule has 3 N–H and O–H groups in total. The number of hydrogen-bond donors (Lipinski definition) is 3. The zero-order chi connectivity index (χ0) is 23.6. The molecule has 0 aromatic heterocycles. The molecule has 0 aliphatic rings. The van der Waals surface area contributed by atoms with Crippen molar-refractivity contribution in [3.63, 3.8) is 0 Å². The van der Waals surface area contributed by atoms with E-state index in [0.717, 1.165) is 0 Å². The molecule has 0 rings (SSSR count). The van der Waals surface area contributed by atoms with Crippen LogP contribution in [0.5, 0.6) is 0 Å². The molecule has 31 heavy (non-hydrogen) atoms. The summed E-state index contributed by atoms with van der Waals surface area (Å²) in [6.07, 6.45) is -10.7. The first-order valence-corrected chi connectivity index (χ1v) is 9.51. The van der Waals surface area contributed by atoms with Gasteiger partial charge in [0.15, 0.2) is 0 Å². The minimum absolute atomic E-state index is 0.0118. The second-order valence-corrected chi connectivity index (χ2v) is 6.11. The molecule has 0 fully saturated rings. The monoisotopic (exact) mass is 472 g/mol. The van der Waals surface area contributed by atoms with E-state index in [1.807, 2.05) is 0 Å². The summed E-state index contributed by atoms with van der Waals surface area (Å²) in [6, 6.07) is 0. The third-order valence-corrected chi connectivity index (χ3v) is 3.06. The highest BCUT2D eigenvalue weighted by Crippen LogP contribution is 2.27. The lowest BCUT2D eigenvalue weighted by molar-refractivity contribution is -0.396. The Morgan fingerprint density at radius 3 is 1.74 bits per heavy atom. The molecule has 0 radical (unpaired) electrons. The molecular formula is C17H32F4O10.